The summed E-state index contributed by atoms with van der Waals surface area (Å²) in [5.74, 6) is -0.299. The van der Waals surface area contributed by atoms with Crippen molar-refractivity contribution in [1.29, 1.82) is 0 Å². The van der Waals surface area contributed by atoms with E-state index in [0.717, 1.165) is 11.1 Å². The van der Waals surface area contributed by atoms with Gasteiger partial charge in [0.15, 0.2) is 0 Å². The first-order valence-electron chi connectivity index (χ1n) is 8.50. The molecule has 26 heavy (non-hydrogen) atoms. The molecule has 2 N–H and O–H groups in total. The Morgan fingerprint density at radius 2 is 1.65 bits per heavy atom. The van der Waals surface area contributed by atoms with Crippen LogP contribution in [0.1, 0.15) is 55.2 Å². The number of carbonyl (C=O) groups is 1. The fourth-order valence-corrected chi connectivity index (χ4v) is 4.02. The van der Waals surface area contributed by atoms with E-state index in [1.54, 1.807) is 33.8 Å². The van der Waals surface area contributed by atoms with E-state index in [4.69, 9.17) is 0 Å². The lowest BCUT2D eigenvalue weighted by atomic mass is 10.1. The Labute approximate surface area is 155 Å². The Morgan fingerprint density at radius 3 is 2.23 bits per heavy atom. The number of hydrogen-bond acceptors (Lipinski definition) is 3. The van der Waals surface area contributed by atoms with E-state index in [9.17, 15) is 13.2 Å². The lowest BCUT2D eigenvalue weighted by Crippen LogP contribution is -2.40. The van der Waals surface area contributed by atoms with Crippen LogP contribution in [-0.2, 0) is 10.0 Å². The molecule has 0 heterocycles. The number of benzene rings is 2. The molecule has 140 valence electrons. The minimum atomic E-state index is -3.70. The normalized spacial score (nSPS) is 13.3. The van der Waals surface area contributed by atoms with Crippen molar-refractivity contribution in [3.05, 3.63) is 65.2 Å². The van der Waals surface area contributed by atoms with Crippen molar-refractivity contribution in [1.82, 2.24) is 10.0 Å². The quantitative estimate of drug-likeness (QED) is 0.840. The van der Waals surface area contributed by atoms with Crippen LogP contribution in [0.15, 0.2) is 53.4 Å². The summed E-state index contributed by atoms with van der Waals surface area (Å²) in [6.45, 7) is 9.00. The monoisotopic (exact) mass is 374 g/mol. The molecule has 0 spiro atoms. The highest BCUT2D eigenvalue weighted by molar-refractivity contribution is 7.89. The van der Waals surface area contributed by atoms with Gasteiger partial charge >= 0.3 is 0 Å². The van der Waals surface area contributed by atoms with Crippen LogP contribution < -0.4 is 10.0 Å². The minimum absolute atomic E-state index is 0.0792. The predicted octanol–water partition coefficient (Wildman–Crippen LogP) is 3.56. The Morgan fingerprint density at radius 1 is 1.04 bits per heavy atom. The molecule has 0 radical (unpaired) electrons. The van der Waals surface area contributed by atoms with Crippen LogP contribution in [0.2, 0.25) is 0 Å². The summed E-state index contributed by atoms with van der Waals surface area (Å²) in [6, 6.07) is 14.0. The van der Waals surface area contributed by atoms with E-state index < -0.39 is 15.6 Å². The second-order valence-corrected chi connectivity index (χ2v) is 9.12. The standard InChI is InChI=1S/C20H26N2O3S/c1-14-11-12-17(26(24,25)22-20(3,4)5)13-18(14)19(23)21-15(2)16-9-7-6-8-10-16/h6-13,15,22H,1-5H3,(H,21,23). The largest absolute Gasteiger partial charge is 0.346 e. The Balaban J connectivity index is 2.28. The van der Waals surface area contributed by atoms with Crippen LogP contribution >= 0.6 is 0 Å². The van der Waals surface area contributed by atoms with E-state index in [1.807, 2.05) is 37.3 Å². The first-order chi connectivity index (χ1) is 12.0. The number of aryl methyl sites for hydroxylation is 1. The van der Waals surface area contributed by atoms with Gasteiger partial charge in [0, 0.05) is 11.1 Å². The molecule has 0 aliphatic carbocycles. The maximum Gasteiger partial charge on any atom is 0.252 e. The van der Waals surface area contributed by atoms with E-state index in [-0.39, 0.29) is 16.8 Å². The number of hydrogen-bond donors (Lipinski definition) is 2. The van der Waals surface area contributed by atoms with Crippen LogP contribution in [0, 0.1) is 6.92 Å². The lowest BCUT2D eigenvalue weighted by Gasteiger charge is -2.21. The van der Waals surface area contributed by atoms with Gasteiger partial charge in [0.1, 0.15) is 0 Å². The first kappa shape index (κ1) is 20.1. The van der Waals surface area contributed by atoms with Crippen LogP contribution in [0.25, 0.3) is 0 Å². The molecular formula is C20H26N2O3S. The van der Waals surface area contributed by atoms with Crippen molar-refractivity contribution in [3.63, 3.8) is 0 Å². The van der Waals surface area contributed by atoms with Gasteiger partial charge in [0.2, 0.25) is 10.0 Å². The third-order valence-electron chi connectivity index (χ3n) is 3.85. The molecule has 0 aliphatic rings. The van der Waals surface area contributed by atoms with Crippen molar-refractivity contribution in [2.75, 3.05) is 0 Å². The molecule has 0 saturated heterocycles. The molecular weight excluding hydrogens is 348 g/mol. The van der Waals surface area contributed by atoms with Crippen molar-refractivity contribution in [2.45, 2.75) is 51.1 Å². The Hall–Kier alpha value is -2.18. The highest BCUT2D eigenvalue weighted by atomic mass is 32.2. The molecule has 2 aromatic carbocycles. The van der Waals surface area contributed by atoms with Crippen LogP contribution in [0.5, 0.6) is 0 Å². The van der Waals surface area contributed by atoms with Gasteiger partial charge in [-0.05, 0) is 57.9 Å². The smallest absolute Gasteiger partial charge is 0.252 e. The van der Waals surface area contributed by atoms with Crippen LogP contribution in [-0.4, -0.2) is 19.9 Å². The molecule has 0 aliphatic heterocycles. The summed E-state index contributed by atoms with van der Waals surface area (Å²) >= 11 is 0. The highest BCUT2D eigenvalue weighted by Crippen LogP contribution is 2.19. The molecule has 2 aromatic rings. The zero-order chi connectivity index (χ0) is 19.5. The molecule has 0 bridgehead atoms. The van der Waals surface area contributed by atoms with Gasteiger partial charge in [0.05, 0.1) is 10.9 Å². The second-order valence-electron chi connectivity index (χ2n) is 7.44. The SMILES string of the molecule is Cc1ccc(S(=O)(=O)NC(C)(C)C)cc1C(=O)NC(C)c1ccccc1. The molecule has 1 unspecified atom stereocenters. The summed E-state index contributed by atoms with van der Waals surface area (Å²) in [5, 5.41) is 2.93. The lowest BCUT2D eigenvalue weighted by molar-refractivity contribution is 0.0939. The molecule has 1 atom stereocenters. The average molecular weight is 375 g/mol. The van der Waals surface area contributed by atoms with Crippen molar-refractivity contribution in [3.8, 4) is 0 Å². The van der Waals surface area contributed by atoms with Crippen LogP contribution in [0.4, 0.5) is 0 Å². The summed E-state index contributed by atoms with van der Waals surface area (Å²) < 4.78 is 27.7. The third kappa shape index (κ3) is 5.16. The van der Waals surface area contributed by atoms with Gasteiger partial charge in [-0.15, -0.1) is 0 Å². The number of amides is 1. The topological polar surface area (TPSA) is 75.3 Å². The zero-order valence-electron chi connectivity index (χ0n) is 15.8. The molecule has 0 fully saturated rings. The average Bonchev–Trinajstić information content (AvgIpc) is 2.53. The maximum atomic E-state index is 12.7. The molecule has 6 heteroatoms. The number of carbonyl (C=O) groups excluding carboxylic acids is 1. The number of sulfonamides is 1. The second kappa shape index (κ2) is 7.60. The number of rotatable bonds is 5. The first-order valence-corrected chi connectivity index (χ1v) is 9.98. The molecule has 1 amide bonds. The summed E-state index contributed by atoms with van der Waals surface area (Å²) in [4.78, 5) is 12.8. The van der Waals surface area contributed by atoms with E-state index in [2.05, 4.69) is 10.0 Å². The summed E-state index contributed by atoms with van der Waals surface area (Å²) in [6.07, 6.45) is 0. The summed E-state index contributed by atoms with van der Waals surface area (Å²) in [7, 11) is -3.70. The highest BCUT2D eigenvalue weighted by Gasteiger charge is 2.24. The van der Waals surface area contributed by atoms with Gasteiger partial charge in [-0.2, -0.15) is 0 Å². The van der Waals surface area contributed by atoms with Gasteiger partial charge in [-0.3, -0.25) is 4.79 Å². The van der Waals surface area contributed by atoms with Gasteiger partial charge in [-0.25, -0.2) is 13.1 Å². The maximum absolute atomic E-state index is 12.7. The van der Waals surface area contributed by atoms with E-state index in [0.29, 0.717) is 5.56 Å². The Bertz CT molecular complexity index is 885. The minimum Gasteiger partial charge on any atom is -0.346 e. The number of nitrogens with one attached hydrogen (secondary N) is 2. The van der Waals surface area contributed by atoms with Crippen molar-refractivity contribution < 1.29 is 13.2 Å². The predicted molar refractivity (Wildman–Crippen MR) is 104 cm³/mol. The van der Waals surface area contributed by atoms with Crippen LogP contribution in [0.3, 0.4) is 0 Å². The Kier molecular flexibility index (Phi) is 5.88. The molecule has 0 saturated carbocycles. The zero-order valence-corrected chi connectivity index (χ0v) is 16.6. The molecule has 2 rings (SSSR count). The summed E-state index contributed by atoms with van der Waals surface area (Å²) in [5.41, 5.74) is 1.45. The van der Waals surface area contributed by atoms with Gasteiger partial charge in [-0.1, -0.05) is 36.4 Å². The molecule has 0 aromatic heterocycles. The molecule has 5 nitrogen and oxygen atoms in total. The van der Waals surface area contributed by atoms with Crippen molar-refractivity contribution >= 4 is 15.9 Å². The van der Waals surface area contributed by atoms with Crippen molar-refractivity contribution in [2.24, 2.45) is 0 Å². The van der Waals surface area contributed by atoms with E-state index >= 15 is 0 Å². The van der Waals surface area contributed by atoms with E-state index in [1.165, 1.54) is 12.1 Å². The fourth-order valence-electron chi connectivity index (χ4n) is 2.57. The third-order valence-corrected chi connectivity index (χ3v) is 5.61. The fraction of sp³-hybridized carbons (Fsp3) is 0.350. The van der Waals surface area contributed by atoms with Gasteiger partial charge in [0.25, 0.3) is 5.91 Å². The van der Waals surface area contributed by atoms with Gasteiger partial charge < -0.3 is 5.32 Å².